The summed E-state index contributed by atoms with van der Waals surface area (Å²) in [7, 11) is 0. The number of allylic oxidation sites excluding steroid dienone is 1. The molecule has 0 aliphatic heterocycles. The summed E-state index contributed by atoms with van der Waals surface area (Å²) in [5, 5.41) is 0. The van der Waals surface area contributed by atoms with E-state index in [-0.39, 0.29) is 12.1 Å². The average molecular weight is 244 g/mol. The highest BCUT2D eigenvalue weighted by molar-refractivity contribution is 5.75. The monoisotopic (exact) mass is 244 g/mol. The number of carbonyl (C=O) groups is 1. The molecule has 1 aliphatic carbocycles. The second-order valence-corrected chi connectivity index (χ2v) is 5.83. The lowest BCUT2D eigenvalue weighted by Crippen LogP contribution is -2.26. The van der Waals surface area contributed by atoms with E-state index >= 15 is 0 Å². The molecule has 2 nitrogen and oxygen atoms in total. The normalized spacial score (nSPS) is 23.1. The van der Waals surface area contributed by atoms with Gasteiger partial charge in [-0.2, -0.15) is 0 Å². The summed E-state index contributed by atoms with van der Waals surface area (Å²) < 4.78 is 5.50. The van der Waals surface area contributed by atoms with Gasteiger partial charge in [0.25, 0.3) is 0 Å². The Morgan fingerprint density at radius 2 is 1.83 bits per heavy atom. The minimum Gasteiger partial charge on any atom is -0.458 e. The fraction of sp³-hybridized carbons (Fsp3) is 0.438. The van der Waals surface area contributed by atoms with Gasteiger partial charge in [0, 0.05) is 5.92 Å². The van der Waals surface area contributed by atoms with Crippen LogP contribution in [-0.2, 0) is 9.53 Å². The first-order valence-electron chi connectivity index (χ1n) is 6.41. The molecule has 0 fully saturated rings. The fourth-order valence-corrected chi connectivity index (χ4v) is 2.01. The number of carbonyl (C=O) groups excluding carboxylic acids is 1. The van der Waals surface area contributed by atoms with Crippen LogP contribution in [-0.4, -0.2) is 12.1 Å². The molecular formula is C16H20O2. The molecule has 0 bridgehead atoms. The van der Waals surface area contributed by atoms with Crippen molar-refractivity contribution in [2.75, 3.05) is 0 Å². The maximum atomic E-state index is 11.8. The van der Waals surface area contributed by atoms with Crippen LogP contribution in [0.5, 0.6) is 0 Å². The van der Waals surface area contributed by atoms with Gasteiger partial charge in [-0.05, 0) is 38.8 Å². The Labute approximate surface area is 109 Å². The highest BCUT2D eigenvalue weighted by Crippen LogP contribution is 2.31. The quantitative estimate of drug-likeness (QED) is 0.586. The van der Waals surface area contributed by atoms with Crippen molar-refractivity contribution in [3.63, 3.8) is 0 Å². The lowest BCUT2D eigenvalue weighted by molar-refractivity contribution is -0.156. The van der Waals surface area contributed by atoms with Gasteiger partial charge in [0.1, 0.15) is 6.10 Å². The first-order valence-corrected chi connectivity index (χ1v) is 6.41. The van der Waals surface area contributed by atoms with Crippen molar-refractivity contribution in [3.05, 3.63) is 48.0 Å². The number of rotatable bonds is 2. The SMILES string of the molecule is CC(C)(C)C(=O)O[C@@H]1C=C[C@H](c2ccccc2)C1. The molecule has 0 saturated carbocycles. The molecule has 1 aromatic rings. The van der Waals surface area contributed by atoms with Gasteiger partial charge in [-0.15, -0.1) is 0 Å². The average Bonchev–Trinajstić information content (AvgIpc) is 2.77. The highest BCUT2D eigenvalue weighted by atomic mass is 16.5. The summed E-state index contributed by atoms with van der Waals surface area (Å²) in [5.41, 5.74) is 0.849. The van der Waals surface area contributed by atoms with Gasteiger partial charge in [0.15, 0.2) is 0 Å². The fourth-order valence-electron chi connectivity index (χ4n) is 2.01. The lowest BCUT2D eigenvalue weighted by Gasteiger charge is -2.20. The van der Waals surface area contributed by atoms with Crippen LogP contribution in [0.25, 0.3) is 0 Å². The first-order chi connectivity index (χ1) is 8.47. The molecule has 0 spiro atoms. The van der Waals surface area contributed by atoms with Crippen molar-refractivity contribution >= 4 is 5.97 Å². The van der Waals surface area contributed by atoms with E-state index in [1.54, 1.807) is 0 Å². The standard InChI is InChI=1S/C16H20O2/c1-16(2,3)15(17)18-14-10-9-13(11-14)12-7-5-4-6-8-12/h4-10,13-14H,11H2,1-3H3/t13-,14+/m0/s1. The molecule has 2 rings (SSSR count). The zero-order chi connectivity index (χ0) is 13.2. The largest absolute Gasteiger partial charge is 0.458 e. The predicted octanol–water partition coefficient (Wildman–Crippen LogP) is 3.69. The van der Waals surface area contributed by atoms with Gasteiger partial charge in [0.2, 0.25) is 0 Å². The van der Waals surface area contributed by atoms with Crippen molar-refractivity contribution in [2.24, 2.45) is 5.41 Å². The van der Waals surface area contributed by atoms with Crippen molar-refractivity contribution in [2.45, 2.75) is 39.2 Å². The number of esters is 1. The van der Waals surface area contributed by atoms with Crippen molar-refractivity contribution in [3.8, 4) is 0 Å². The molecule has 0 amide bonds. The molecule has 2 heteroatoms. The Kier molecular flexibility index (Phi) is 3.55. The second kappa shape index (κ2) is 4.97. The molecule has 2 atom stereocenters. The molecular weight excluding hydrogens is 224 g/mol. The van der Waals surface area contributed by atoms with Crippen LogP contribution in [0.15, 0.2) is 42.5 Å². The molecule has 0 unspecified atom stereocenters. The van der Waals surface area contributed by atoms with Crippen LogP contribution in [0, 0.1) is 5.41 Å². The molecule has 18 heavy (non-hydrogen) atoms. The van der Waals surface area contributed by atoms with E-state index in [0.29, 0.717) is 5.92 Å². The van der Waals surface area contributed by atoms with Crippen LogP contribution in [0.3, 0.4) is 0 Å². The molecule has 1 aliphatic rings. The van der Waals surface area contributed by atoms with Gasteiger partial charge in [0.05, 0.1) is 5.41 Å². The minimum atomic E-state index is -0.432. The van der Waals surface area contributed by atoms with Crippen molar-refractivity contribution in [1.82, 2.24) is 0 Å². The van der Waals surface area contributed by atoms with Crippen molar-refractivity contribution < 1.29 is 9.53 Å². The van der Waals surface area contributed by atoms with E-state index in [1.807, 2.05) is 45.0 Å². The van der Waals surface area contributed by atoms with Crippen LogP contribution in [0.4, 0.5) is 0 Å². The third kappa shape index (κ3) is 3.00. The van der Waals surface area contributed by atoms with Crippen molar-refractivity contribution in [1.29, 1.82) is 0 Å². The molecule has 0 saturated heterocycles. The maximum Gasteiger partial charge on any atom is 0.311 e. The van der Waals surface area contributed by atoms with Crippen LogP contribution in [0.1, 0.15) is 38.7 Å². The molecule has 96 valence electrons. The van der Waals surface area contributed by atoms with E-state index in [0.717, 1.165) is 6.42 Å². The highest BCUT2D eigenvalue weighted by Gasteiger charge is 2.28. The third-order valence-electron chi connectivity index (χ3n) is 3.14. The van der Waals surface area contributed by atoms with E-state index in [2.05, 4.69) is 18.2 Å². The summed E-state index contributed by atoms with van der Waals surface area (Å²) in [6.07, 6.45) is 4.91. The molecule has 1 aromatic carbocycles. The Bertz CT molecular complexity index is 440. The van der Waals surface area contributed by atoms with E-state index in [1.165, 1.54) is 5.56 Å². The van der Waals surface area contributed by atoms with Crippen LogP contribution < -0.4 is 0 Å². The number of hydrogen-bond donors (Lipinski definition) is 0. The summed E-state index contributed by atoms with van der Waals surface area (Å²) in [6.45, 7) is 5.63. The Balaban J connectivity index is 1.95. The topological polar surface area (TPSA) is 26.3 Å². The first kappa shape index (κ1) is 12.9. The summed E-state index contributed by atoms with van der Waals surface area (Å²) >= 11 is 0. The molecule has 0 N–H and O–H groups in total. The van der Waals surface area contributed by atoms with Crippen LogP contribution in [0.2, 0.25) is 0 Å². The molecule has 0 radical (unpaired) electrons. The smallest absolute Gasteiger partial charge is 0.311 e. The summed E-state index contributed by atoms with van der Waals surface area (Å²) in [5.74, 6) is 0.231. The zero-order valence-corrected chi connectivity index (χ0v) is 11.2. The van der Waals surface area contributed by atoms with E-state index in [4.69, 9.17) is 4.74 Å². The van der Waals surface area contributed by atoms with Gasteiger partial charge >= 0.3 is 5.97 Å². The Morgan fingerprint density at radius 3 is 2.44 bits per heavy atom. The Morgan fingerprint density at radius 1 is 1.17 bits per heavy atom. The third-order valence-corrected chi connectivity index (χ3v) is 3.14. The van der Waals surface area contributed by atoms with E-state index in [9.17, 15) is 4.79 Å². The number of hydrogen-bond acceptors (Lipinski definition) is 2. The van der Waals surface area contributed by atoms with Gasteiger partial charge < -0.3 is 4.74 Å². The lowest BCUT2D eigenvalue weighted by atomic mass is 9.96. The number of benzene rings is 1. The Hall–Kier alpha value is -1.57. The minimum absolute atomic E-state index is 0.0815. The number of ether oxygens (including phenoxy) is 1. The molecule has 0 aromatic heterocycles. The van der Waals surface area contributed by atoms with Gasteiger partial charge in [-0.1, -0.05) is 36.4 Å². The van der Waals surface area contributed by atoms with Crippen LogP contribution >= 0.6 is 0 Å². The van der Waals surface area contributed by atoms with Gasteiger partial charge in [-0.25, -0.2) is 0 Å². The zero-order valence-electron chi connectivity index (χ0n) is 11.2. The van der Waals surface area contributed by atoms with E-state index < -0.39 is 5.41 Å². The predicted molar refractivity (Wildman–Crippen MR) is 72.3 cm³/mol. The second-order valence-electron chi connectivity index (χ2n) is 5.83. The summed E-state index contributed by atoms with van der Waals surface area (Å²) in [6, 6.07) is 10.3. The maximum absolute atomic E-state index is 11.8. The summed E-state index contributed by atoms with van der Waals surface area (Å²) in [4.78, 5) is 11.8. The van der Waals surface area contributed by atoms with Gasteiger partial charge in [-0.3, -0.25) is 4.79 Å². The molecule has 0 heterocycles.